The Hall–Kier alpha value is -2.24. The second kappa shape index (κ2) is 5.76. The number of nitrogens with zero attached hydrogens (tertiary/aromatic N) is 3. The average Bonchev–Trinajstić information content (AvgIpc) is 3.13. The predicted octanol–water partition coefficient (Wildman–Crippen LogP) is 3.80. The van der Waals surface area contributed by atoms with Crippen LogP contribution in [0.4, 0.5) is 4.39 Å². The highest BCUT2D eigenvalue weighted by Gasteiger charge is 2.48. The molecule has 23 heavy (non-hydrogen) atoms. The first-order valence-electron chi connectivity index (χ1n) is 7.23. The van der Waals surface area contributed by atoms with Crippen LogP contribution in [0, 0.1) is 5.82 Å². The van der Waals surface area contributed by atoms with Crippen molar-refractivity contribution in [1.29, 1.82) is 0 Å². The van der Waals surface area contributed by atoms with Crippen molar-refractivity contribution in [1.82, 2.24) is 14.8 Å². The van der Waals surface area contributed by atoms with Gasteiger partial charge in [0.25, 0.3) is 0 Å². The number of ether oxygens (including phenoxy) is 1. The van der Waals surface area contributed by atoms with Gasteiger partial charge in [0, 0.05) is 10.6 Å². The Balaban J connectivity index is 1.68. The molecule has 1 aliphatic heterocycles. The Kier molecular flexibility index (Phi) is 3.59. The van der Waals surface area contributed by atoms with Crippen molar-refractivity contribution in [2.45, 2.75) is 18.2 Å². The summed E-state index contributed by atoms with van der Waals surface area (Å²) in [7, 11) is 0. The van der Waals surface area contributed by atoms with Gasteiger partial charge in [-0.2, -0.15) is 5.10 Å². The third-order valence-electron chi connectivity index (χ3n) is 3.98. The van der Waals surface area contributed by atoms with Gasteiger partial charge in [0.05, 0.1) is 0 Å². The molecule has 0 bridgehead atoms. The van der Waals surface area contributed by atoms with E-state index in [0.717, 1.165) is 11.1 Å². The summed E-state index contributed by atoms with van der Waals surface area (Å²) in [5.74, 6) is -0.273. The largest absolute Gasteiger partial charge is 0.362 e. The molecule has 6 heteroatoms. The molecule has 116 valence electrons. The lowest BCUT2D eigenvalue weighted by molar-refractivity contribution is 0.325. The molecule has 0 radical (unpaired) electrons. The summed E-state index contributed by atoms with van der Waals surface area (Å²) in [4.78, 5) is 4.01. The van der Waals surface area contributed by atoms with Gasteiger partial charge in [0.15, 0.2) is 0 Å². The maximum atomic E-state index is 13.2. The number of epoxide rings is 1. The van der Waals surface area contributed by atoms with Crippen LogP contribution in [0.15, 0.2) is 61.2 Å². The van der Waals surface area contributed by atoms with E-state index in [1.807, 2.05) is 24.3 Å². The van der Waals surface area contributed by atoms with E-state index in [1.165, 1.54) is 18.5 Å². The highest BCUT2D eigenvalue weighted by Crippen LogP contribution is 2.48. The lowest BCUT2D eigenvalue weighted by atomic mass is 9.99. The molecule has 3 unspecified atom stereocenters. The summed E-state index contributed by atoms with van der Waals surface area (Å²) >= 11 is 6.26. The smallest absolute Gasteiger partial charge is 0.137 e. The van der Waals surface area contributed by atoms with Crippen molar-refractivity contribution < 1.29 is 9.13 Å². The van der Waals surface area contributed by atoms with E-state index in [2.05, 4.69) is 10.1 Å². The predicted molar refractivity (Wildman–Crippen MR) is 83.6 cm³/mol. The van der Waals surface area contributed by atoms with Crippen LogP contribution in [-0.4, -0.2) is 20.9 Å². The first-order valence-corrected chi connectivity index (χ1v) is 7.61. The van der Waals surface area contributed by atoms with E-state index >= 15 is 0 Å². The molecule has 3 atom stereocenters. The van der Waals surface area contributed by atoms with E-state index in [4.69, 9.17) is 16.3 Å². The summed E-state index contributed by atoms with van der Waals surface area (Å²) in [5.41, 5.74) is 1.86. The summed E-state index contributed by atoms with van der Waals surface area (Å²) < 4.78 is 20.8. The SMILES string of the molecule is Fc1ccc(C(C2OC2c2ccccc2Cl)n2cncn2)cc1. The van der Waals surface area contributed by atoms with E-state index < -0.39 is 0 Å². The van der Waals surface area contributed by atoms with Crippen LogP contribution in [0.2, 0.25) is 5.02 Å². The Morgan fingerprint density at radius 3 is 2.61 bits per heavy atom. The zero-order chi connectivity index (χ0) is 15.8. The molecule has 0 amide bonds. The number of rotatable bonds is 4. The second-order valence-electron chi connectivity index (χ2n) is 5.41. The van der Waals surface area contributed by atoms with Gasteiger partial charge in [-0.05, 0) is 23.8 Å². The van der Waals surface area contributed by atoms with Crippen molar-refractivity contribution in [3.8, 4) is 0 Å². The molecule has 0 aliphatic carbocycles. The molecule has 1 saturated heterocycles. The molecule has 0 N–H and O–H groups in total. The summed E-state index contributed by atoms with van der Waals surface area (Å²) in [6.45, 7) is 0. The fraction of sp³-hybridized carbons (Fsp3) is 0.176. The monoisotopic (exact) mass is 329 g/mol. The molecule has 2 heterocycles. The van der Waals surface area contributed by atoms with Crippen molar-refractivity contribution >= 4 is 11.6 Å². The third kappa shape index (κ3) is 2.73. The standard InChI is InChI=1S/C17H13ClFN3O/c18-14-4-2-1-3-13(14)16-17(23-16)15(22-10-20-9-21-22)11-5-7-12(19)8-6-11/h1-10,15-17H. The van der Waals surface area contributed by atoms with Gasteiger partial charge < -0.3 is 4.74 Å². The lowest BCUT2D eigenvalue weighted by Crippen LogP contribution is -2.18. The zero-order valence-corrected chi connectivity index (χ0v) is 12.8. The van der Waals surface area contributed by atoms with Crippen LogP contribution >= 0.6 is 11.6 Å². The highest BCUT2D eigenvalue weighted by molar-refractivity contribution is 6.31. The number of benzene rings is 2. The Bertz CT molecular complexity index is 807. The zero-order valence-electron chi connectivity index (χ0n) is 12.0. The third-order valence-corrected chi connectivity index (χ3v) is 4.33. The van der Waals surface area contributed by atoms with Gasteiger partial charge >= 0.3 is 0 Å². The molecule has 2 aromatic carbocycles. The molecule has 3 aromatic rings. The number of halogens is 2. The fourth-order valence-corrected chi connectivity index (χ4v) is 3.08. The van der Waals surface area contributed by atoms with Gasteiger partial charge in [-0.15, -0.1) is 0 Å². The molecule has 1 aromatic heterocycles. The molecule has 1 fully saturated rings. The molecule has 1 aliphatic rings. The van der Waals surface area contributed by atoms with Crippen molar-refractivity contribution in [3.63, 3.8) is 0 Å². The van der Waals surface area contributed by atoms with Gasteiger partial charge in [0.2, 0.25) is 0 Å². The van der Waals surface area contributed by atoms with E-state index in [9.17, 15) is 4.39 Å². The summed E-state index contributed by atoms with van der Waals surface area (Å²) in [5, 5.41) is 4.90. The van der Waals surface area contributed by atoms with Crippen molar-refractivity contribution in [2.75, 3.05) is 0 Å². The van der Waals surface area contributed by atoms with Crippen LogP contribution < -0.4 is 0 Å². The van der Waals surface area contributed by atoms with Crippen LogP contribution in [0.1, 0.15) is 23.3 Å². The van der Waals surface area contributed by atoms with Crippen LogP contribution in [0.5, 0.6) is 0 Å². The molecule has 0 spiro atoms. The van der Waals surface area contributed by atoms with Crippen LogP contribution in [0.3, 0.4) is 0 Å². The Morgan fingerprint density at radius 2 is 1.91 bits per heavy atom. The van der Waals surface area contributed by atoms with E-state index in [1.54, 1.807) is 23.1 Å². The molecule has 4 nitrogen and oxygen atoms in total. The minimum absolute atomic E-state index is 0.108. The maximum absolute atomic E-state index is 13.2. The topological polar surface area (TPSA) is 43.2 Å². The Morgan fingerprint density at radius 1 is 1.13 bits per heavy atom. The van der Waals surface area contributed by atoms with Crippen LogP contribution in [0.25, 0.3) is 0 Å². The molecular weight excluding hydrogens is 317 g/mol. The fourth-order valence-electron chi connectivity index (χ4n) is 2.83. The van der Waals surface area contributed by atoms with Gasteiger partial charge in [0.1, 0.15) is 36.7 Å². The molecule has 0 saturated carbocycles. The molecule has 4 rings (SSSR count). The summed E-state index contributed by atoms with van der Waals surface area (Å²) in [6, 6.07) is 13.8. The average molecular weight is 330 g/mol. The van der Waals surface area contributed by atoms with Crippen LogP contribution in [-0.2, 0) is 4.74 Å². The van der Waals surface area contributed by atoms with Crippen molar-refractivity contribution in [3.05, 3.63) is 83.2 Å². The first-order chi connectivity index (χ1) is 11.2. The minimum atomic E-state index is -0.273. The normalized spacial score (nSPS) is 21.1. The lowest BCUT2D eigenvalue weighted by Gasteiger charge is -2.15. The van der Waals surface area contributed by atoms with Gasteiger partial charge in [-0.3, -0.25) is 0 Å². The van der Waals surface area contributed by atoms with Crippen molar-refractivity contribution in [2.24, 2.45) is 0 Å². The first kappa shape index (κ1) is 14.4. The highest BCUT2D eigenvalue weighted by atomic mass is 35.5. The maximum Gasteiger partial charge on any atom is 0.137 e. The number of aromatic nitrogens is 3. The summed E-state index contributed by atoms with van der Waals surface area (Å²) in [6.07, 6.45) is 2.88. The van der Waals surface area contributed by atoms with Gasteiger partial charge in [-0.25, -0.2) is 14.1 Å². The quantitative estimate of drug-likeness (QED) is 0.684. The molecular formula is C17H13ClFN3O. The van der Waals surface area contributed by atoms with Gasteiger partial charge in [-0.1, -0.05) is 41.9 Å². The minimum Gasteiger partial charge on any atom is -0.362 e. The Labute approximate surface area is 137 Å². The second-order valence-corrected chi connectivity index (χ2v) is 5.82. The van der Waals surface area contributed by atoms with E-state index in [0.29, 0.717) is 5.02 Å². The number of hydrogen-bond acceptors (Lipinski definition) is 3. The number of hydrogen-bond donors (Lipinski definition) is 0. The van der Waals surface area contributed by atoms with E-state index in [-0.39, 0.29) is 24.1 Å².